The fourth-order valence-electron chi connectivity index (χ4n) is 3.76. The van der Waals surface area contributed by atoms with E-state index in [1.165, 1.54) is 0 Å². The van der Waals surface area contributed by atoms with Crippen molar-refractivity contribution in [1.82, 2.24) is 4.98 Å². The van der Waals surface area contributed by atoms with E-state index in [2.05, 4.69) is 16.4 Å². The van der Waals surface area contributed by atoms with Crippen molar-refractivity contribution >= 4 is 22.7 Å². The molecule has 4 rings (SSSR count). The van der Waals surface area contributed by atoms with E-state index < -0.39 is 0 Å². The van der Waals surface area contributed by atoms with Gasteiger partial charge in [0.2, 0.25) is 0 Å². The minimum Gasteiger partial charge on any atom is -0.493 e. The molecule has 0 saturated carbocycles. The van der Waals surface area contributed by atoms with Gasteiger partial charge in [-0.3, -0.25) is 4.79 Å². The van der Waals surface area contributed by atoms with Crippen LogP contribution in [0.3, 0.4) is 0 Å². The van der Waals surface area contributed by atoms with E-state index in [0.717, 1.165) is 39.3 Å². The Hall–Kier alpha value is -3.47. The van der Waals surface area contributed by atoms with Gasteiger partial charge in [0.15, 0.2) is 11.5 Å². The Morgan fingerprint density at radius 2 is 1.68 bits per heavy atom. The molecule has 0 saturated heterocycles. The number of fused-ring (bicyclic) bond motifs is 1. The number of aryl methyl sites for hydroxylation is 2. The highest BCUT2D eigenvalue weighted by Gasteiger charge is 2.30. The van der Waals surface area contributed by atoms with Gasteiger partial charge >= 0.3 is 0 Å². The summed E-state index contributed by atoms with van der Waals surface area (Å²) in [6, 6.07) is 15.5. The molecule has 0 unspecified atom stereocenters. The molecule has 2 aromatic carbocycles. The number of para-hydroxylation sites is 1. The van der Waals surface area contributed by atoms with Crippen molar-refractivity contribution in [2.24, 2.45) is 0 Å². The maximum atomic E-state index is 13.0. The smallest absolute Gasteiger partial charge is 0.257 e. The lowest BCUT2D eigenvalue weighted by atomic mass is 9.91. The minimum absolute atomic E-state index is 0.113. The maximum absolute atomic E-state index is 13.0. The number of aromatic amines is 1. The summed E-state index contributed by atoms with van der Waals surface area (Å²) in [6.07, 6.45) is 0. The van der Waals surface area contributed by atoms with E-state index in [1.54, 1.807) is 14.2 Å². The number of benzene rings is 2. The van der Waals surface area contributed by atoms with Gasteiger partial charge in [-0.15, -0.1) is 0 Å². The Bertz CT molecular complexity index is 1110. The van der Waals surface area contributed by atoms with E-state index in [-0.39, 0.29) is 5.91 Å². The van der Waals surface area contributed by atoms with Crippen molar-refractivity contribution in [2.75, 3.05) is 19.5 Å². The zero-order valence-corrected chi connectivity index (χ0v) is 16.3. The van der Waals surface area contributed by atoms with Crippen molar-refractivity contribution < 1.29 is 14.3 Å². The second kappa shape index (κ2) is 6.93. The highest BCUT2D eigenvalue weighted by atomic mass is 16.5. The number of carbonyl (C=O) groups is 1. The summed E-state index contributed by atoms with van der Waals surface area (Å²) in [6.45, 7) is 4.05. The second-order valence-electron chi connectivity index (χ2n) is 6.83. The molecule has 0 aliphatic carbocycles. The Balaban J connectivity index is 2.05. The van der Waals surface area contributed by atoms with Gasteiger partial charge in [0.05, 0.1) is 19.8 Å². The molecule has 0 atom stereocenters. The largest absolute Gasteiger partial charge is 0.493 e. The zero-order chi connectivity index (χ0) is 19.8. The van der Waals surface area contributed by atoms with Gasteiger partial charge < -0.3 is 19.8 Å². The molecule has 1 aromatic heterocycles. The van der Waals surface area contributed by atoms with Crippen molar-refractivity contribution in [3.05, 3.63) is 76.6 Å². The van der Waals surface area contributed by atoms with Crippen LogP contribution < -0.4 is 14.8 Å². The lowest BCUT2D eigenvalue weighted by Gasteiger charge is -2.15. The molecule has 5 heteroatoms. The van der Waals surface area contributed by atoms with Gasteiger partial charge in [-0.05, 0) is 49.2 Å². The van der Waals surface area contributed by atoms with Crippen molar-refractivity contribution in [3.8, 4) is 11.5 Å². The molecule has 0 fully saturated rings. The van der Waals surface area contributed by atoms with Gasteiger partial charge in [-0.25, -0.2) is 0 Å². The average Bonchev–Trinajstić information content (AvgIpc) is 3.20. The number of rotatable bonds is 4. The highest BCUT2D eigenvalue weighted by molar-refractivity contribution is 6.38. The number of hydrogen-bond acceptors (Lipinski definition) is 3. The van der Waals surface area contributed by atoms with Crippen LogP contribution in [0.1, 0.15) is 28.1 Å². The molecule has 1 aliphatic rings. The predicted molar refractivity (Wildman–Crippen MR) is 111 cm³/mol. The summed E-state index contributed by atoms with van der Waals surface area (Å²) >= 11 is 0. The van der Waals surface area contributed by atoms with Crippen LogP contribution >= 0.6 is 0 Å². The van der Waals surface area contributed by atoms with Crippen LogP contribution in [0.5, 0.6) is 11.5 Å². The molecule has 5 nitrogen and oxygen atoms in total. The molecule has 0 radical (unpaired) electrons. The van der Waals surface area contributed by atoms with E-state index in [1.807, 2.05) is 56.3 Å². The first kappa shape index (κ1) is 17.9. The number of carbonyl (C=O) groups excluding carboxylic acids is 1. The first-order valence-corrected chi connectivity index (χ1v) is 9.07. The summed E-state index contributed by atoms with van der Waals surface area (Å²) < 4.78 is 10.9. The summed E-state index contributed by atoms with van der Waals surface area (Å²) in [5.74, 6) is 1.15. The van der Waals surface area contributed by atoms with Crippen molar-refractivity contribution in [2.45, 2.75) is 13.8 Å². The molecule has 1 amide bonds. The lowest BCUT2D eigenvalue weighted by Crippen LogP contribution is -2.07. The van der Waals surface area contributed by atoms with Gasteiger partial charge in [0.1, 0.15) is 0 Å². The summed E-state index contributed by atoms with van der Waals surface area (Å²) in [5.41, 5.74) is 7.12. The minimum atomic E-state index is -0.113. The monoisotopic (exact) mass is 374 g/mol. The summed E-state index contributed by atoms with van der Waals surface area (Å²) in [5, 5.41) is 2.98. The van der Waals surface area contributed by atoms with E-state index >= 15 is 0 Å². The molecule has 142 valence electrons. The SMILES string of the molecule is COc1ccc(/C(=C2/C(=O)Nc3ccccc32)c2[nH]c(C)cc2C)cc1OC. The average molecular weight is 374 g/mol. The number of aromatic nitrogens is 1. The number of ether oxygens (including phenoxy) is 2. The van der Waals surface area contributed by atoms with Crippen LogP contribution in [0.4, 0.5) is 5.69 Å². The molecule has 0 spiro atoms. The Morgan fingerprint density at radius 3 is 2.36 bits per heavy atom. The molecular formula is C23H22N2O3. The number of nitrogens with one attached hydrogen (secondary N) is 2. The third-order valence-electron chi connectivity index (χ3n) is 4.99. The standard InChI is InChI=1S/C23H22N2O3/c1-13-11-14(2)24-22(13)20(15-9-10-18(27-3)19(12-15)28-4)21-16-7-5-6-8-17(16)25-23(21)26/h5-12,24H,1-4H3,(H,25,26)/b21-20-. The Kier molecular flexibility index (Phi) is 4.43. The van der Waals surface area contributed by atoms with E-state index in [4.69, 9.17) is 9.47 Å². The molecule has 28 heavy (non-hydrogen) atoms. The fraction of sp³-hybridized carbons (Fsp3) is 0.174. The lowest BCUT2D eigenvalue weighted by molar-refractivity contribution is -0.110. The van der Waals surface area contributed by atoms with Crippen LogP contribution in [0.25, 0.3) is 11.1 Å². The van der Waals surface area contributed by atoms with Crippen LogP contribution in [-0.2, 0) is 4.79 Å². The number of hydrogen-bond donors (Lipinski definition) is 2. The number of methoxy groups -OCH3 is 2. The predicted octanol–water partition coefficient (Wildman–Crippen LogP) is 4.56. The van der Waals surface area contributed by atoms with Crippen LogP contribution in [-0.4, -0.2) is 25.1 Å². The topological polar surface area (TPSA) is 63.3 Å². The third-order valence-corrected chi connectivity index (χ3v) is 4.99. The van der Waals surface area contributed by atoms with Gasteiger partial charge in [-0.2, -0.15) is 0 Å². The highest BCUT2D eigenvalue weighted by Crippen LogP contribution is 2.42. The molecule has 1 aliphatic heterocycles. The van der Waals surface area contributed by atoms with Gasteiger partial charge in [0, 0.05) is 28.2 Å². The second-order valence-corrected chi connectivity index (χ2v) is 6.83. The Morgan fingerprint density at radius 1 is 0.929 bits per heavy atom. The maximum Gasteiger partial charge on any atom is 0.257 e. The quantitative estimate of drug-likeness (QED) is 0.658. The molecule has 2 N–H and O–H groups in total. The van der Waals surface area contributed by atoms with Gasteiger partial charge in [-0.1, -0.05) is 24.3 Å². The first-order valence-electron chi connectivity index (χ1n) is 9.07. The molecule has 2 heterocycles. The molecular weight excluding hydrogens is 352 g/mol. The first-order chi connectivity index (χ1) is 13.5. The van der Waals surface area contributed by atoms with E-state index in [9.17, 15) is 4.79 Å². The van der Waals surface area contributed by atoms with Crippen molar-refractivity contribution in [3.63, 3.8) is 0 Å². The molecule has 3 aromatic rings. The third kappa shape index (κ3) is 2.85. The number of amides is 1. The fourth-order valence-corrected chi connectivity index (χ4v) is 3.76. The van der Waals surface area contributed by atoms with Crippen LogP contribution in [0, 0.1) is 13.8 Å². The summed E-state index contributed by atoms with van der Waals surface area (Å²) in [4.78, 5) is 16.4. The number of H-pyrrole nitrogens is 1. The van der Waals surface area contributed by atoms with Gasteiger partial charge in [0.25, 0.3) is 5.91 Å². The number of anilines is 1. The van der Waals surface area contributed by atoms with Crippen LogP contribution in [0.2, 0.25) is 0 Å². The molecule has 0 bridgehead atoms. The van der Waals surface area contributed by atoms with Crippen molar-refractivity contribution in [1.29, 1.82) is 0 Å². The van der Waals surface area contributed by atoms with E-state index in [0.29, 0.717) is 17.1 Å². The summed E-state index contributed by atoms with van der Waals surface area (Å²) in [7, 11) is 3.21. The Labute approximate surface area is 164 Å². The zero-order valence-electron chi connectivity index (χ0n) is 16.3. The van der Waals surface area contributed by atoms with Crippen LogP contribution in [0.15, 0.2) is 48.5 Å². The normalized spacial score (nSPS) is 14.5.